The van der Waals surface area contributed by atoms with Crippen LogP contribution in [0.4, 0.5) is 11.4 Å². The molecule has 1 amide bonds. The molecule has 0 aliphatic carbocycles. The summed E-state index contributed by atoms with van der Waals surface area (Å²) < 4.78 is 5.53. The second-order valence-electron chi connectivity index (χ2n) is 5.63. The molecule has 4 nitrogen and oxygen atoms in total. The van der Waals surface area contributed by atoms with E-state index in [1.54, 1.807) is 0 Å². The van der Waals surface area contributed by atoms with E-state index in [0.717, 1.165) is 16.7 Å². The molecule has 0 unspecified atom stereocenters. The number of carbonyl (C=O) groups excluding carboxylic acids is 1. The lowest BCUT2D eigenvalue weighted by Gasteiger charge is -2.13. The Kier molecular flexibility index (Phi) is 4.71. The molecule has 2 aromatic carbocycles. The van der Waals surface area contributed by atoms with E-state index in [1.165, 1.54) is 5.56 Å². The third-order valence-corrected chi connectivity index (χ3v) is 3.62. The van der Waals surface area contributed by atoms with Gasteiger partial charge in [-0.25, -0.2) is 0 Å². The van der Waals surface area contributed by atoms with Crippen LogP contribution in [0.2, 0.25) is 0 Å². The second-order valence-corrected chi connectivity index (χ2v) is 5.63. The highest BCUT2D eigenvalue weighted by Gasteiger charge is 2.09. The fraction of sp³-hybridized carbons (Fsp3) is 0.278. The number of nitrogens with one attached hydrogen (secondary N) is 1. The van der Waals surface area contributed by atoms with Gasteiger partial charge in [0.1, 0.15) is 5.75 Å². The van der Waals surface area contributed by atoms with Crippen LogP contribution in [0.15, 0.2) is 30.3 Å². The van der Waals surface area contributed by atoms with Crippen LogP contribution in [0.3, 0.4) is 0 Å². The maximum Gasteiger partial charge on any atom is 0.262 e. The van der Waals surface area contributed by atoms with Crippen LogP contribution >= 0.6 is 0 Å². The summed E-state index contributed by atoms with van der Waals surface area (Å²) in [6, 6.07) is 9.59. The molecule has 2 aromatic rings. The summed E-state index contributed by atoms with van der Waals surface area (Å²) in [5.74, 6) is 0.462. The van der Waals surface area contributed by atoms with Crippen molar-refractivity contribution in [2.24, 2.45) is 0 Å². The zero-order valence-corrected chi connectivity index (χ0v) is 13.5. The summed E-state index contributed by atoms with van der Waals surface area (Å²) in [4.78, 5) is 12.0. The average molecular weight is 298 g/mol. The number of nitrogens with two attached hydrogens (primary N) is 1. The summed E-state index contributed by atoms with van der Waals surface area (Å²) in [6.45, 7) is 7.89. The first-order valence-electron chi connectivity index (χ1n) is 7.23. The number of amides is 1. The topological polar surface area (TPSA) is 64.3 Å². The van der Waals surface area contributed by atoms with Crippen molar-refractivity contribution < 1.29 is 9.53 Å². The Morgan fingerprint density at radius 2 is 1.77 bits per heavy atom. The Morgan fingerprint density at radius 1 is 1.05 bits per heavy atom. The van der Waals surface area contributed by atoms with Crippen LogP contribution in [0.5, 0.6) is 5.75 Å². The monoisotopic (exact) mass is 298 g/mol. The van der Waals surface area contributed by atoms with Crippen LogP contribution in [-0.2, 0) is 4.79 Å². The first-order chi connectivity index (χ1) is 10.4. The first kappa shape index (κ1) is 15.9. The number of aryl methyl sites for hydroxylation is 4. The van der Waals surface area contributed by atoms with E-state index in [9.17, 15) is 4.79 Å². The molecule has 2 rings (SSSR count). The van der Waals surface area contributed by atoms with Gasteiger partial charge >= 0.3 is 0 Å². The predicted molar refractivity (Wildman–Crippen MR) is 90.4 cm³/mol. The van der Waals surface area contributed by atoms with Crippen molar-refractivity contribution in [1.82, 2.24) is 0 Å². The minimum absolute atomic E-state index is 0.0464. The summed E-state index contributed by atoms with van der Waals surface area (Å²) in [5.41, 5.74) is 11.5. The lowest BCUT2D eigenvalue weighted by atomic mass is 10.1. The lowest BCUT2D eigenvalue weighted by Crippen LogP contribution is -2.21. The van der Waals surface area contributed by atoms with E-state index in [4.69, 9.17) is 10.5 Å². The molecule has 22 heavy (non-hydrogen) atoms. The fourth-order valence-electron chi connectivity index (χ4n) is 2.30. The van der Waals surface area contributed by atoms with Gasteiger partial charge in [0.15, 0.2) is 6.61 Å². The van der Waals surface area contributed by atoms with Crippen molar-refractivity contribution >= 4 is 17.3 Å². The highest BCUT2D eigenvalue weighted by molar-refractivity contribution is 5.95. The van der Waals surface area contributed by atoms with Crippen LogP contribution < -0.4 is 15.8 Å². The van der Waals surface area contributed by atoms with Gasteiger partial charge in [0.2, 0.25) is 0 Å². The lowest BCUT2D eigenvalue weighted by molar-refractivity contribution is -0.118. The number of carbonyl (C=O) groups is 1. The van der Waals surface area contributed by atoms with Crippen LogP contribution in [0.1, 0.15) is 22.3 Å². The number of ether oxygens (including phenoxy) is 1. The summed E-state index contributed by atoms with van der Waals surface area (Å²) in [7, 11) is 0. The van der Waals surface area contributed by atoms with E-state index in [0.29, 0.717) is 17.1 Å². The van der Waals surface area contributed by atoms with Gasteiger partial charge in [0.25, 0.3) is 5.91 Å². The smallest absolute Gasteiger partial charge is 0.262 e. The Labute approximate surface area is 131 Å². The SMILES string of the molecule is Cc1cc(C)c(NC(=O)COc2ccc(C)c(C)c2)c(N)c1. The molecule has 0 fully saturated rings. The van der Waals surface area contributed by atoms with Gasteiger partial charge in [-0.05, 0) is 68.1 Å². The van der Waals surface area contributed by atoms with Gasteiger partial charge in [0, 0.05) is 0 Å². The molecule has 0 radical (unpaired) electrons. The number of benzene rings is 2. The van der Waals surface area contributed by atoms with Gasteiger partial charge < -0.3 is 15.8 Å². The zero-order valence-electron chi connectivity index (χ0n) is 13.5. The van der Waals surface area contributed by atoms with Crippen molar-refractivity contribution in [3.8, 4) is 5.75 Å². The molecule has 0 heterocycles. The predicted octanol–water partition coefficient (Wildman–Crippen LogP) is 3.52. The van der Waals surface area contributed by atoms with Gasteiger partial charge in [-0.2, -0.15) is 0 Å². The molecule has 0 atom stereocenters. The van der Waals surface area contributed by atoms with E-state index < -0.39 is 0 Å². The standard InChI is InChI=1S/C18H22N2O2/c1-11-7-14(4)18(16(19)8-11)20-17(21)10-22-15-6-5-12(2)13(3)9-15/h5-9H,10,19H2,1-4H3,(H,20,21). The van der Waals surface area contributed by atoms with E-state index in [-0.39, 0.29) is 12.5 Å². The third kappa shape index (κ3) is 3.79. The minimum atomic E-state index is -0.225. The van der Waals surface area contributed by atoms with E-state index >= 15 is 0 Å². The Morgan fingerprint density at radius 3 is 2.41 bits per heavy atom. The van der Waals surface area contributed by atoms with Gasteiger partial charge in [0.05, 0.1) is 11.4 Å². The zero-order chi connectivity index (χ0) is 16.3. The molecule has 0 aromatic heterocycles. The highest BCUT2D eigenvalue weighted by Crippen LogP contribution is 2.24. The molecule has 0 aliphatic heterocycles. The largest absolute Gasteiger partial charge is 0.484 e. The van der Waals surface area contributed by atoms with Crippen LogP contribution in [-0.4, -0.2) is 12.5 Å². The Bertz CT molecular complexity index is 685. The van der Waals surface area contributed by atoms with Crippen LogP contribution in [0, 0.1) is 27.7 Å². The third-order valence-electron chi connectivity index (χ3n) is 3.62. The molecule has 116 valence electrons. The first-order valence-corrected chi connectivity index (χ1v) is 7.23. The second kappa shape index (κ2) is 6.52. The molecule has 0 saturated heterocycles. The Balaban J connectivity index is 2.00. The maximum atomic E-state index is 12.0. The molecule has 3 N–H and O–H groups in total. The van der Waals surface area contributed by atoms with Crippen molar-refractivity contribution in [3.05, 3.63) is 52.6 Å². The molecule has 4 heteroatoms. The van der Waals surface area contributed by atoms with E-state index in [2.05, 4.69) is 5.32 Å². The number of rotatable bonds is 4. The normalized spacial score (nSPS) is 10.4. The van der Waals surface area contributed by atoms with Crippen LogP contribution in [0.25, 0.3) is 0 Å². The summed E-state index contributed by atoms with van der Waals surface area (Å²) in [6.07, 6.45) is 0. The van der Waals surface area contributed by atoms with Gasteiger partial charge in [-0.3, -0.25) is 4.79 Å². The molecular weight excluding hydrogens is 276 g/mol. The van der Waals surface area contributed by atoms with Crippen molar-refractivity contribution in [3.63, 3.8) is 0 Å². The quantitative estimate of drug-likeness (QED) is 0.849. The molecule has 0 spiro atoms. The average Bonchev–Trinajstić information content (AvgIpc) is 2.44. The summed E-state index contributed by atoms with van der Waals surface area (Å²) >= 11 is 0. The molecular formula is C18H22N2O2. The molecule has 0 aliphatic rings. The van der Waals surface area contributed by atoms with Crippen molar-refractivity contribution in [2.45, 2.75) is 27.7 Å². The number of anilines is 2. The highest BCUT2D eigenvalue weighted by atomic mass is 16.5. The fourth-order valence-corrected chi connectivity index (χ4v) is 2.30. The molecule has 0 bridgehead atoms. The number of nitrogen functional groups attached to an aromatic ring is 1. The van der Waals surface area contributed by atoms with Gasteiger partial charge in [-0.1, -0.05) is 12.1 Å². The number of hydrogen-bond acceptors (Lipinski definition) is 3. The van der Waals surface area contributed by atoms with E-state index in [1.807, 2.05) is 58.0 Å². The number of hydrogen-bond donors (Lipinski definition) is 2. The summed E-state index contributed by atoms with van der Waals surface area (Å²) in [5, 5.41) is 2.81. The van der Waals surface area contributed by atoms with Crippen molar-refractivity contribution in [2.75, 3.05) is 17.7 Å². The maximum absolute atomic E-state index is 12.0. The van der Waals surface area contributed by atoms with Gasteiger partial charge in [-0.15, -0.1) is 0 Å². The minimum Gasteiger partial charge on any atom is -0.484 e. The Hall–Kier alpha value is -2.49. The van der Waals surface area contributed by atoms with Crippen molar-refractivity contribution in [1.29, 1.82) is 0 Å². The molecule has 0 saturated carbocycles.